The van der Waals surface area contributed by atoms with Crippen molar-refractivity contribution in [2.75, 3.05) is 0 Å². The maximum Gasteiger partial charge on any atom is 0.115 e. The van der Waals surface area contributed by atoms with Gasteiger partial charge in [0.1, 0.15) is 5.60 Å². The van der Waals surface area contributed by atoms with Gasteiger partial charge >= 0.3 is 0 Å². The highest BCUT2D eigenvalue weighted by atomic mass is 32.1. The van der Waals surface area contributed by atoms with Crippen LogP contribution in [0.4, 0.5) is 0 Å². The Labute approximate surface area is 113 Å². The van der Waals surface area contributed by atoms with E-state index in [-0.39, 0.29) is 0 Å². The van der Waals surface area contributed by atoms with Crippen LogP contribution in [0.2, 0.25) is 0 Å². The van der Waals surface area contributed by atoms with Gasteiger partial charge in [-0.15, -0.1) is 11.3 Å². The third-order valence-electron chi connectivity index (χ3n) is 4.64. The Morgan fingerprint density at radius 1 is 1.67 bits per heavy atom. The molecule has 3 unspecified atom stereocenters. The summed E-state index contributed by atoms with van der Waals surface area (Å²) in [5.41, 5.74) is -0.535. The van der Waals surface area contributed by atoms with E-state index in [2.05, 4.69) is 13.0 Å². The molecule has 1 N–H and O–H groups in total. The third-order valence-corrected chi connectivity index (χ3v) is 5.87. The molecular weight excluding hydrogens is 242 g/mol. The highest BCUT2D eigenvalue weighted by Crippen LogP contribution is 2.54. The molecule has 1 aromatic rings. The number of aliphatic hydroxyl groups is 1. The van der Waals surface area contributed by atoms with Crippen LogP contribution in [-0.2, 0) is 5.60 Å². The zero-order valence-electron chi connectivity index (χ0n) is 11.4. The van der Waals surface area contributed by atoms with Crippen molar-refractivity contribution in [1.82, 2.24) is 0 Å². The molecule has 0 bridgehead atoms. The van der Waals surface area contributed by atoms with Crippen LogP contribution in [0.25, 0.3) is 0 Å². The number of nitrogens with zero attached hydrogens (tertiary/aromatic N) is 1. The molecule has 0 saturated heterocycles. The van der Waals surface area contributed by atoms with Crippen LogP contribution < -0.4 is 0 Å². The molecule has 98 valence electrons. The summed E-state index contributed by atoms with van der Waals surface area (Å²) in [7, 11) is 0. The monoisotopic (exact) mass is 263 g/mol. The molecule has 0 spiro atoms. The summed E-state index contributed by atoms with van der Waals surface area (Å²) >= 11 is 1.56. The highest BCUT2D eigenvalue weighted by molar-refractivity contribution is 7.10. The van der Waals surface area contributed by atoms with E-state index in [4.69, 9.17) is 0 Å². The van der Waals surface area contributed by atoms with Crippen molar-refractivity contribution in [2.45, 2.75) is 52.1 Å². The van der Waals surface area contributed by atoms with Gasteiger partial charge in [-0.3, -0.25) is 0 Å². The molecule has 0 aliphatic heterocycles. The first-order chi connectivity index (χ1) is 8.47. The van der Waals surface area contributed by atoms with Gasteiger partial charge in [0.25, 0.3) is 0 Å². The minimum atomic E-state index is -1.02. The molecule has 1 aliphatic rings. The van der Waals surface area contributed by atoms with Gasteiger partial charge in [0, 0.05) is 4.88 Å². The fraction of sp³-hybridized carbons (Fsp3) is 0.667. The van der Waals surface area contributed by atoms with E-state index < -0.39 is 11.0 Å². The predicted octanol–water partition coefficient (Wildman–Crippen LogP) is 3.98. The van der Waals surface area contributed by atoms with Crippen molar-refractivity contribution in [3.8, 4) is 6.07 Å². The van der Waals surface area contributed by atoms with Gasteiger partial charge < -0.3 is 5.11 Å². The average molecular weight is 263 g/mol. The molecule has 1 aliphatic carbocycles. The minimum absolute atomic E-state index is 0.580. The number of hydrogen-bond acceptors (Lipinski definition) is 3. The van der Waals surface area contributed by atoms with E-state index in [1.54, 1.807) is 11.3 Å². The topological polar surface area (TPSA) is 44.0 Å². The number of thiophene rings is 1. The van der Waals surface area contributed by atoms with Crippen LogP contribution in [0.15, 0.2) is 11.4 Å². The summed E-state index contributed by atoms with van der Waals surface area (Å²) < 4.78 is 0. The van der Waals surface area contributed by atoms with Crippen molar-refractivity contribution >= 4 is 11.3 Å². The normalized spacial score (nSPS) is 30.9. The Bertz CT molecular complexity index is 471. The lowest BCUT2D eigenvalue weighted by atomic mass is 9.70. The molecule has 18 heavy (non-hydrogen) atoms. The smallest absolute Gasteiger partial charge is 0.115 e. The molecule has 0 aromatic carbocycles. The molecule has 1 heterocycles. The Morgan fingerprint density at radius 2 is 2.39 bits per heavy atom. The van der Waals surface area contributed by atoms with Gasteiger partial charge in [-0.25, -0.2) is 0 Å². The van der Waals surface area contributed by atoms with E-state index in [0.717, 1.165) is 36.1 Å². The summed E-state index contributed by atoms with van der Waals surface area (Å²) in [6.45, 7) is 6.01. The van der Waals surface area contributed by atoms with Gasteiger partial charge in [-0.2, -0.15) is 5.26 Å². The summed E-state index contributed by atoms with van der Waals surface area (Å²) in [5.74, 6) is 0.580. The molecule has 3 atom stereocenters. The van der Waals surface area contributed by atoms with Crippen molar-refractivity contribution < 1.29 is 5.11 Å². The molecule has 1 saturated carbocycles. The van der Waals surface area contributed by atoms with Crippen LogP contribution in [0.5, 0.6) is 0 Å². The zero-order valence-corrected chi connectivity index (χ0v) is 12.2. The Kier molecular flexibility index (Phi) is 3.53. The molecule has 2 nitrogen and oxygen atoms in total. The molecule has 3 heteroatoms. The van der Waals surface area contributed by atoms with Gasteiger partial charge in [0.15, 0.2) is 0 Å². The third kappa shape index (κ3) is 1.88. The lowest BCUT2D eigenvalue weighted by Crippen LogP contribution is -2.40. The average Bonchev–Trinajstić information content (AvgIpc) is 2.95. The maximum atomic E-state index is 11.0. The second kappa shape index (κ2) is 4.68. The SMILES string of the molecule is CCC1CCC(C#N)(C(C)(O)c2sccc2C)C1. The van der Waals surface area contributed by atoms with Crippen LogP contribution in [-0.4, -0.2) is 5.11 Å². The molecule has 2 rings (SSSR count). The first-order valence-electron chi connectivity index (χ1n) is 6.65. The Balaban J connectivity index is 2.40. The van der Waals surface area contributed by atoms with Crippen molar-refractivity contribution in [3.05, 3.63) is 21.9 Å². The molecular formula is C15H21NOS. The predicted molar refractivity (Wildman–Crippen MR) is 74.3 cm³/mol. The van der Waals surface area contributed by atoms with Crippen LogP contribution in [0, 0.1) is 29.6 Å². The summed E-state index contributed by atoms with van der Waals surface area (Å²) in [6, 6.07) is 4.47. The quantitative estimate of drug-likeness (QED) is 0.896. The second-order valence-corrected chi connectivity index (χ2v) is 6.63. The van der Waals surface area contributed by atoms with Gasteiger partial charge in [-0.1, -0.05) is 13.3 Å². The standard InChI is InChI=1S/C15H21NOS/c1-4-12-5-7-15(9-12,10-16)14(3,17)13-11(2)6-8-18-13/h6,8,12,17H,4-5,7,9H2,1-3H3. The summed E-state index contributed by atoms with van der Waals surface area (Å²) in [5, 5.41) is 22.7. The fourth-order valence-electron chi connectivity index (χ4n) is 3.24. The number of nitriles is 1. The highest BCUT2D eigenvalue weighted by Gasteiger charge is 2.53. The number of aryl methyl sites for hydroxylation is 1. The lowest BCUT2D eigenvalue weighted by molar-refractivity contribution is -0.0415. The van der Waals surface area contributed by atoms with E-state index in [1.165, 1.54) is 0 Å². The minimum Gasteiger partial charge on any atom is -0.383 e. The first-order valence-corrected chi connectivity index (χ1v) is 7.53. The largest absolute Gasteiger partial charge is 0.383 e. The van der Waals surface area contributed by atoms with Gasteiger partial charge in [-0.05, 0) is 56.0 Å². The summed E-state index contributed by atoms with van der Waals surface area (Å²) in [4.78, 5) is 0.959. The van der Waals surface area contributed by atoms with Gasteiger partial charge in [0.05, 0.1) is 11.5 Å². The van der Waals surface area contributed by atoms with E-state index in [0.29, 0.717) is 5.92 Å². The van der Waals surface area contributed by atoms with Gasteiger partial charge in [0.2, 0.25) is 0 Å². The number of rotatable bonds is 3. The second-order valence-electron chi connectivity index (χ2n) is 5.72. The number of hydrogen-bond donors (Lipinski definition) is 1. The molecule has 1 aromatic heterocycles. The van der Waals surface area contributed by atoms with Crippen LogP contribution in [0.1, 0.15) is 50.0 Å². The lowest BCUT2D eigenvalue weighted by Gasteiger charge is -2.37. The summed E-state index contributed by atoms with van der Waals surface area (Å²) in [6.07, 6.45) is 3.80. The molecule has 0 amide bonds. The zero-order chi connectivity index (χ0) is 13.4. The molecule has 0 radical (unpaired) electrons. The fourth-order valence-corrected chi connectivity index (χ4v) is 4.32. The van der Waals surface area contributed by atoms with E-state index >= 15 is 0 Å². The van der Waals surface area contributed by atoms with Crippen molar-refractivity contribution in [1.29, 1.82) is 5.26 Å². The van der Waals surface area contributed by atoms with Crippen molar-refractivity contribution in [2.24, 2.45) is 11.3 Å². The molecule has 1 fully saturated rings. The Hall–Kier alpha value is -0.850. The Morgan fingerprint density at radius 3 is 2.83 bits per heavy atom. The van der Waals surface area contributed by atoms with E-state index in [9.17, 15) is 10.4 Å². The van der Waals surface area contributed by atoms with Crippen LogP contribution >= 0.6 is 11.3 Å². The van der Waals surface area contributed by atoms with Crippen LogP contribution in [0.3, 0.4) is 0 Å². The first kappa shape index (κ1) is 13.6. The maximum absolute atomic E-state index is 11.0. The van der Waals surface area contributed by atoms with Crippen molar-refractivity contribution in [3.63, 3.8) is 0 Å². The van der Waals surface area contributed by atoms with E-state index in [1.807, 2.05) is 25.3 Å².